The second-order valence-corrected chi connectivity index (χ2v) is 5.10. The Hall–Kier alpha value is -2.73. The number of carbonyl (C=O) groups excluding carboxylic acids is 1. The molecule has 0 radical (unpaired) electrons. The SMILES string of the molecule is O=C(/C=C/c1ccccc1)Nc1cnc(N2CCOCC2)nc1. The number of morpholine rings is 1. The maximum absolute atomic E-state index is 11.9. The van der Waals surface area contributed by atoms with Crippen molar-refractivity contribution in [2.24, 2.45) is 0 Å². The van der Waals surface area contributed by atoms with Crippen molar-refractivity contribution in [3.63, 3.8) is 0 Å². The quantitative estimate of drug-likeness (QED) is 0.875. The highest BCUT2D eigenvalue weighted by Gasteiger charge is 2.13. The summed E-state index contributed by atoms with van der Waals surface area (Å²) in [6.07, 6.45) is 6.49. The molecule has 6 heteroatoms. The number of hydrogen-bond acceptors (Lipinski definition) is 5. The summed E-state index contributed by atoms with van der Waals surface area (Å²) in [7, 11) is 0. The van der Waals surface area contributed by atoms with Crippen molar-refractivity contribution in [2.75, 3.05) is 36.5 Å². The molecule has 1 saturated heterocycles. The third-order valence-electron chi connectivity index (χ3n) is 3.43. The molecule has 0 aliphatic carbocycles. The molecule has 1 fully saturated rings. The van der Waals surface area contributed by atoms with E-state index in [-0.39, 0.29) is 5.91 Å². The second-order valence-electron chi connectivity index (χ2n) is 5.10. The molecular weight excluding hydrogens is 292 g/mol. The standard InChI is InChI=1S/C17H18N4O2/c22-16(7-6-14-4-2-1-3-5-14)20-15-12-18-17(19-13-15)21-8-10-23-11-9-21/h1-7,12-13H,8-11H2,(H,20,22)/b7-6+. The number of carbonyl (C=O) groups is 1. The van der Waals surface area contributed by atoms with E-state index in [1.54, 1.807) is 18.5 Å². The molecule has 1 aliphatic rings. The molecule has 118 valence electrons. The molecule has 1 N–H and O–H groups in total. The highest BCUT2D eigenvalue weighted by molar-refractivity contribution is 6.01. The van der Waals surface area contributed by atoms with E-state index in [1.165, 1.54) is 6.08 Å². The first-order valence-electron chi connectivity index (χ1n) is 7.50. The van der Waals surface area contributed by atoms with Crippen molar-refractivity contribution >= 4 is 23.6 Å². The first-order valence-corrected chi connectivity index (χ1v) is 7.50. The number of anilines is 2. The van der Waals surface area contributed by atoms with Gasteiger partial charge in [-0.3, -0.25) is 4.79 Å². The summed E-state index contributed by atoms with van der Waals surface area (Å²) >= 11 is 0. The molecule has 1 aliphatic heterocycles. The predicted molar refractivity (Wildman–Crippen MR) is 89.2 cm³/mol. The van der Waals surface area contributed by atoms with Crippen molar-refractivity contribution < 1.29 is 9.53 Å². The van der Waals surface area contributed by atoms with Gasteiger partial charge in [-0.1, -0.05) is 30.3 Å². The maximum atomic E-state index is 11.9. The third kappa shape index (κ3) is 4.37. The van der Waals surface area contributed by atoms with Crippen molar-refractivity contribution in [3.8, 4) is 0 Å². The number of hydrogen-bond donors (Lipinski definition) is 1. The van der Waals surface area contributed by atoms with Crippen LogP contribution in [0.4, 0.5) is 11.6 Å². The number of rotatable bonds is 4. The number of nitrogens with zero attached hydrogens (tertiary/aromatic N) is 3. The fourth-order valence-electron chi connectivity index (χ4n) is 2.23. The van der Waals surface area contributed by atoms with Crippen molar-refractivity contribution in [1.82, 2.24) is 9.97 Å². The molecule has 0 unspecified atom stereocenters. The lowest BCUT2D eigenvalue weighted by Crippen LogP contribution is -2.37. The lowest BCUT2D eigenvalue weighted by atomic mass is 10.2. The molecule has 0 bridgehead atoms. The molecular formula is C17H18N4O2. The normalized spacial score (nSPS) is 14.9. The van der Waals surface area contributed by atoms with E-state index >= 15 is 0 Å². The Kier molecular flexibility index (Phi) is 4.95. The van der Waals surface area contributed by atoms with Gasteiger partial charge in [-0.15, -0.1) is 0 Å². The lowest BCUT2D eigenvalue weighted by molar-refractivity contribution is -0.111. The Morgan fingerprint density at radius 2 is 1.83 bits per heavy atom. The van der Waals surface area contributed by atoms with Crippen LogP contribution < -0.4 is 10.2 Å². The lowest BCUT2D eigenvalue weighted by Gasteiger charge is -2.26. The van der Waals surface area contributed by atoms with Crippen LogP contribution in [0.2, 0.25) is 0 Å². The Labute approximate surface area is 134 Å². The summed E-state index contributed by atoms with van der Waals surface area (Å²) in [4.78, 5) is 22.5. The van der Waals surface area contributed by atoms with Crippen molar-refractivity contribution in [1.29, 1.82) is 0 Å². The van der Waals surface area contributed by atoms with Gasteiger partial charge in [0, 0.05) is 19.2 Å². The fourth-order valence-corrected chi connectivity index (χ4v) is 2.23. The minimum atomic E-state index is -0.212. The van der Waals surface area contributed by atoms with Gasteiger partial charge in [-0.2, -0.15) is 0 Å². The van der Waals surface area contributed by atoms with E-state index in [9.17, 15) is 4.79 Å². The third-order valence-corrected chi connectivity index (χ3v) is 3.43. The minimum absolute atomic E-state index is 0.212. The van der Waals surface area contributed by atoms with Gasteiger partial charge in [0.05, 0.1) is 31.3 Å². The number of amides is 1. The van der Waals surface area contributed by atoms with E-state index in [4.69, 9.17) is 4.74 Å². The Balaban J connectivity index is 1.57. The Bertz CT molecular complexity index is 665. The van der Waals surface area contributed by atoms with Crippen LogP contribution in [0.3, 0.4) is 0 Å². The highest BCUT2D eigenvalue weighted by Crippen LogP contribution is 2.12. The zero-order valence-electron chi connectivity index (χ0n) is 12.7. The van der Waals surface area contributed by atoms with Gasteiger partial charge in [0.25, 0.3) is 0 Å². The van der Waals surface area contributed by atoms with Gasteiger partial charge >= 0.3 is 0 Å². The molecule has 1 aromatic carbocycles. The van der Waals surface area contributed by atoms with Crippen LogP contribution in [0.25, 0.3) is 6.08 Å². The van der Waals surface area contributed by atoms with E-state index in [0.29, 0.717) is 24.8 Å². The van der Waals surface area contributed by atoms with Crippen LogP contribution in [0.15, 0.2) is 48.8 Å². The molecule has 23 heavy (non-hydrogen) atoms. The summed E-state index contributed by atoms with van der Waals surface area (Å²) in [5.74, 6) is 0.447. The molecule has 0 saturated carbocycles. The van der Waals surface area contributed by atoms with Crippen LogP contribution in [0.1, 0.15) is 5.56 Å². The zero-order valence-corrected chi connectivity index (χ0v) is 12.7. The van der Waals surface area contributed by atoms with Gasteiger partial charge < -0.3 is 15.0 Å². The number of nitrogens with one attached hydrogen (secondary N) is 1. The molecule has 6 nitrogen and oxygen atoms in total. The molecule has 3 rings (SSSR count). The Morgan fingerprint density at radius 1 is 1.13 bits per heavy atom. The fraction of sp³-hybridized carbons (Fsp3) is 0.235. The smallest absolute Gasteiger partial charge is 0.248 e. The number of aromatic nitrogens is 2. The summed E-state index contributed by atoms with van der Waals surface area (Å²) in [6, 6.07) is 9.66. The zero-order chi connectivity index (χ0) is 15.9. The van der Waals surface area contributed by atoms with E-state index in [0.717, 1.165) is 18.7 Å². The molecule has 2 aromatic rings. The molecule has 1 amide bonds. The van der Waals surface area contributed by atoms with Gasteiger partial charge in [0.1, 0.15) is 0 Å². The summed E-state index contributed by atoms with van der Waals surface area (Å²) in [6.45, 7) is 2.94. The van der Waals surface area contributed by atoms with Crippen LogP contribution in [-0.2, 0) is 9.53 Å². The second kappa shape index (κ2) is 7.51. The summed E-state index contributed by atoms with van der Waals surface area (Å²) < 4.78 is 5.30. The predicted octanol–water partition coefficient (Wildman–Crippen LogP) is 1.97. The first-order chi connectivity index (χ1) is 11.3. The van der Waals surface area contributed by atoms with E-state index in [1.807, 2.05) is 30.3 Å². The summed E-state index contributed by atoms with van der Waals surface area (Å²) in [5.41, 5.74) is 1.55. The van der Waals surface area contributed by atoms with E-state index < -0.39 is 0 Å². The minimum Gasteiger partial charge on any atom is -0.378 e. The van der Waals surface area contributed by atoms with Crippen LogP contribution in [0.5, 0.6) is 0 Å². The van der Waals surface area contributed by atoms with Crippen LogP contribution in [0, 0.1) is 0 Å². The topological polar surface area (TPSA) is 67.4 Å². The van der Waals surface area contributed by atoms with Gasteiger partial charge in [-0.05, 0) is 11.6 Å². The number of benzene rings is 1. The van der Waals surface area contributed by atoms with Crippen molar-refractivity contribution in [3.05, 3.63) is 54.4 Å². The molecule has 2 heterocycles. The van der Waals surface area contributed by atoms with Gasteiger partial charge in [0.15, 0.2) is 0 Å². The largest absolute Gasteiger partial charge is 0.378 e. The highest BCUT2D eigenvalue weighted by atomic mass is 16.5. The van der Waals surface area contributed by atoms with Crippen LogP contribution >= 0.6 is 0 Å². The maximum Gasteiger partial charge on any atom is 0.248 e. The number of ether oxygens (including phenoxy) is 1. The average Bonchev–Trinajstić information content (AvgIpc) is 2.62. The summed E-state index contributed by atoms with van der Waals surface area (Å²) in [5, 5.41) is 2.75. The molecule has 1 aromatic heterocycles. The monoisotopic (exact) mass is 310 g/mol. The van der Waals surface area contributed by atoms with Crippen LogP contribution in [-0.4, -0.2) is 42.2 Å². The van der Waals surface area contributed by atoms with Crippen molar-refractivity contribution in [2.45, 2.75) is 0 Å². The van der Waals surface area contributed by atoms with E-state index in [2.05, 4.69) is 20.2 Å². The Morgan fingerprint density at radius 3 is 2.52 bits per heavy atom. The van der Waals surface area contributed by atoms with Gasteiger partial charge in [-0.25, -0.2) is 9.97 Å². The molecule has 0 spiro atoms. The first kappa shape index (κ1) is 15.2. The molecule has 0 atom stereocenters. The van der Waals surface area contributed by atoms with Gasteiger partial charge in [0.2, 0.25) is 11.9 Å². The average molecular weight is 310 g/mol.